The minimum atomic E-state index is -3.83. The molecule has 0 saturated heterocycles. The van der Waals surface area contributed by atoms with Gasteiger partial charge < -0.3 is 18.3 Å². The summed E-state index contributed by atoms with van der Waals surface area (Å²) in [5.74, 6) is -0.848. The van der Waals surface area contributed by atoms with Crippen molar-refractivity contribution in [1.29, 1.82) is 0 Å². The lowest BCUT2D eigenvalue weighted by Gasteiger charge is -2.25. The van der Waals surface area contributed by atoms with Crippen LogP contribution in [0, 0.1) is 0 Å². The Bertz CT molecular complexity index is 557. The molecule has 1 rings (SSSR count). The maximum Gasteiger partial charge on any atom is 0.351 e. The van der Waals surface area contributed by atoms with Gasteiger partial charge in [-0.25, -0.2) is 0 Å². The Morgan fingerprint density at radius 2 is 1.62 bits per heavy atom. The van der Waals surface area contributed by atoms with E-state index in [1.165, 1.54) is 13.3 Å². The van der Waals surface area contributed by atoms with Crippen LogP contribution >= 0.6 is 14.7 Å². The normalized spacial score (nSPS) is 13.7. The highest BCUT2D eigenvalue weighted by Gasteiger charge is 2.49. The maximum atomic E-state index is 12.4. The van der Waals surface area contributed by atoms with E-state index in [4.69, 9.17) is 13.8 Å². The number of esters is 1. The standard InChI is InChI=1S/C13H20O6P2/c1-17-21(16,18-2)13(20(3,4)15)12(14)19-10-11-8-6-5-7-9-11/h5-9,13H,10H2,1-4H3. The lowest BCUT2D eigenvalue weighted by atomic mass is 10.2. The summed E-state index contributed by atoms with van der Waals surface area (Å²) >= 11 is 0. The third kappa shape index (κ3) is 4.79. The predicted octanol–water partition coefficient (Wildman–Crippen LogP) is 3.16. The fourth-order valence-corrected chi connectivity index (χ4v) is 6.55. The van der Waals surface area contributed by atoms with Crippen LogP contribution in [0.4, 0.5) is 0 Å². The largest absolute Gasteiger partial charge is 0.460 e. The van der Waals surface area contributed by atoms with Crippen molar-refractivity contribution in [2.75, 3.05) is 27.5 Å². The van der Waals surface area contributed by atoms with E-state index in [0.717, 1.165) is 19.8 Å². The third-order valence-electron chi connectivity index (χ3n) is 2.83. The van der Waals surface area contributed by atoms with Crippen LogP contribution in [0.1, 0.15) is 5.56 Å². The van der Waals surface area contributed by atoms with Gasteiger partial charge in [-0.3, -0.25) is 9.36 Å². The summed E-state index contributed by atoms with van der Waals surface area (Å²) in [7, 11) is -4.62. The van der Waals surface area contributed by atoms with E-state index in [9.17, 15) is 13.9 Å². The lowest BCUT2D eigenvalue weighted by molar-refractivity contribution is -0.143. The summed E-state index contributed by atoms with van der Waals surface area (Å²) in [6.07, 6.45) is 0. The van der Waals surface area contributed by atoms with Gasteiger partial charge in [0.05, 0.1) is 0 Å². The minimum Gasteiger partial charge on any atom is -0.460 e. The van der Waals surface area contributed by atoms with Crippen LogP contribution in [0.15, 0.2) is 30.3 Å². The summed E-state index contributed by atoms with van der Waals surface area (Å²) in [4.78, 5) is 12.2. The monoisotopic (exact) mass is 334 g/mol. The molecule has 21 heavy (non-hydrogen) atoms. The molecule has 1 aromatic rings. The molecule has 0 spiro atoms. The molecule has 1 atom stereocenters. The first-order chi connectivity index (χ1) is 9.74. The molecule has 0 bridgehead atoms. The first-order valence-electron chi connectivity index (χ1n) is 6.21. The highest BCUT2D eigenvalue weighted by Crippen LogP contribution is 2.65. The molecule has 1 aromatic carbocycles. The van der Waals surface area contributed by atoms with Crippen molar-refractivity contribution in [3.05, 3.63) is 35.9 Å². The molecule has 0 aliphatic carbocycles. The van der Waals surface area contributed by atoms with Crippen molar-refractivity contribution in [1.82, 2.24) is 0 Å². The van der Waals surface area contributed by atoms with E-state index in [1.807, 2.05) is 6.07 Å². The molecular weight excluding hydrogens is 314 g/mol. The molecule has 0 radical (unpaired) electrons. The number of hydrogen-bond acceptors (Lipinski definition) is 6. The fourth-order valence-electron chi connectivity index (χ4n) is 1.80. The SMILES string of the molecule is COP(=O)(OC)C(C(=O)OCc1ccccc1)P(C)(C)=O. The Morgan fingerprint density at radius 3 is 2.05 bits per heavy atom. The second kappa shape index (κ2) is 7.37. The van der Waals surface area contributed by atoms with Crippen molar-refractivity contribution in [3.63, 3.8) is 0 Å². The number of rotatable bonds is 7. The third-order valence-corrected chi connectivity index (χ3v) is 8.57. The minimum absolute atomic E-state index is 0.00357. The summed E-state index contributed by atoms with van der Waals surface area (Å²) in [6, 6.07) is 9.02. The van der Waals surface area contributed by atoms with Crippen LogP contribution in [0.5, 0.6) is 0 Å². The van der Waals surface area contributed by atoms with Gasteiger partial charge in [-0.15, -0.1) is 0 Å². The van der Waals surface area contributed by atoms with Crippen LogP contribution < -0.4 is 0 Å². The molecule has 8 heteroatoms. The van der Waals surface area contributed by atoms with Gasteiger partial charge in [-0.2, -0.15) is 0 Å². The summed E-state index contributed by atoms with van der Waals surface area (Å²) in [6.45, 7) is 2.71. The summed E-state index contributed by atoms with van der Waals surface area (Å²) in [5, 5.41) is -1.43. The lowest BCUT2D eigenvalue weighted by Crippen LogP contribution is -2.24. The molecule has 0 amide bonds. The maximum absolute atomic E-state index is 12.4. The van der Waals surface area contributed by atoms with Gasteiger partial charge in [-0.05, 0) is 18.9 Å². The molecule has 0 heterocycles. The van der Waals surface area contributed by atoms with Crippen LogP contribution in [0.3, 0.4) is 0 Å². The number of carbonyl (C=O) groups excluding carboxylic acids is 1. The Kier molecular flexibility index (Phi) is 6.36. The van der Waals surface area contributed by atoms with Gasteiger partial charge in [0.15, 0.2) is 0 Å². The van der Waals surface area contributed by atoms with E-state index < -0.39 is 26.1 Å². The van der Waals surface area contributed by atoms with Crippen molar-refractivity contribution >= 4 is 20.7 Å². The summed E-state index contributed by atoms with van der Waals surface area (Å²) < 4.78 is 39.5. The second-order valence-electron chi connectivity index (χ2n) is 4.81. The van der Waals surface area contributed by atoms with Gasteiger partial charge in [-0.1, -0.05) is 30.3 Å². The average molecular weight is 334 g/mol. The first kappa shape index (κ1) is 18.1. The number of ether oxygens (including phenoxy) is 1. The molecule has 0 fully saturated rings. The van der Waals surface area contributed by atoms with Crippen LogP contribution in [0.2, 0.25) is 0 Å². The Labute approximate surface area is 124 Å². The molecule has 0 N–H and O–H groups in total. The van der Waals surface area contributed by atoms with E-state index in [1.54, 1.807) is 24.3 Å². The first-order valence-corrected chi connectivity index (χ1v) is 10.5. The zero-order valence-electron chi connectivity index (χ0n) is 12.5. The smallest absolute Gasteiger partial charge is 0.351 e. The van der Waals surface area contributed by atoms with Gasteiger partial charge in [0.1, 0.15) is 13.7 Å². The van der Waals surface area contributed by atoms with E-state index in [2.05, 4.69) is 0 Å². The zero-order chi connectivity index (χ0) is 16.1. The summed E-state index contributed by atoms with van der Waals surface area (Å²) in [5.41, 5.74) is 0.774. The quantitative estimate of drug-likeness (QED) is 0.563. The van der Waals surface area contributed by atoms with Gasteiger partial charge in [0.2, 0.25) is 5.40 Å². The molecule has 1 unspecified atom stereocenters. The van der Waals surface area contributed by atoms with Crippen molar-refractivity contribution in [2.45, 2.75) is 12.0 Å². The van der Waals surface area contributed by atoms with Crippen LogP contribution in [0.25, 0.3) is 0 Å². The topological polar surface area (TPSA) is 78.9 Å². The van der Waals surface area contributed by atoms with Gasteiger partial charge >= 0.3 is 13.6 Å². The molecule has 0 aliphatic rings. The molecule has 0 aliphatic heterocycles. The van der Waals surface area contributed by atoms with E-state index >= 15 is 0 Å². The highest BCUT2D eigenvalue weighted by molar-refractivity contribution is 7.78. The Hall–Kier alpha value is -0.930. The zero-order valence-corrected chi connectivity index (χ0v) is 14.3. The van der Waals surface area contributed by atoms with Gasteiger partial charge in [0, 0.05) is 14.2 Å². The van der Waals surface area contributed by atoms with Crippen LogP contribution in [-0.2, 0) is 34.3 Å². The molecule has 0 saturated carbocycles. The van der Waals surface area contributed by atoms with Crippen molar-refractivity contribution in [2.24, 2.45) is 0 Å². The van der Waals surface area contributed by atoms with Gasteiger partial charge in [0.25, 0.3) is 0 Å². The molecule has 118 valence electrons. The van der Waals surface area contributed by atoms with E-state index in [-0.39, 0.29) is 6.61 Å². The fraction of sp³-hybridized carbons (Fsp3) is 0.462. The van der Waals surface area contributed by atoms with Crippen molar-refractivity contribution < 1.29 is 27.7 Å². The van der Waals surface area contributed by atoms with Crippen molar-refractivity contribution in [3.8, 4) is 0 Å². The Morgan fingerprint density at radius 1 is 1.10 bits per heavy atom. The molecular formula is C13H20O6P2. The number of hydrogen-bond donors (Lipinski definition) is 0. The van der Waals surface area contributed by atoms with Crippen LogP contribution in [-0.4, -0.2) is 38.9 Å². The molecule has 0 aromatic heterocycles. The second-order valence-corrected chi connectivity index (χ2v) is 10.9. The Balaban J connectivity index is 2.92. The molecule has 6 nitrogen and oxygen atoms in total. The van der Waals surface area contributed by atoms with E-state index in [0.29, 0.717) is 0 Å². The number of benzene rings is 1. The number of carbonyl (C=O) groups is 1. The predicted molar refractivity (Wildman–Crippen MR) is 81.1 cm³/mol. The average Bonchev–Trinajstić information content (AvgIpc) is 2.44. The highest BCUT2D eigenvalue weighted by atomic mass is 31.2.